The normalized spacial score (nSPS) is 11.2. The largest absolute Gasteiger partial charge is 0.449 e. The first-order valence-corrected chi connectivity index (χ1v) is 5.69. The van der Waals surface area contributed by atoms with E-state index in [0.717, 1.165) is 17.0 Å². The number of rotatable bonds is 4. The summed E-state index contributed by atoms with van der Waals surface area (Å²) < 4.78 is 4.70. The molecule has 0 aromatic carbocycles. The van der Waals surface area contributed by atoms with Crippen LogP contribution in [-0.4, -0.2) is 18.4 Å². The van der Waals surface area contributed by atoms with E-state index in [9.17, 15) is 4.79 Å². The lowest BCUT2D eigenvalue weighted by Gasteiger charge is -2.02. The second-order valence-electron chi connectivity index (χ2n) is 2.72. The van der Waals surface area contributed by atoms with E-state index in [1.807, 2.05) is 24.4 Å². The average Bonchev–Trinajstić information content (AvgIpc) is 2.72. The number of thiophene rings is 1. The molecule has 1 heterocycles. The third-order valence-electron chi connectivity index (χ3n) is 1.70. The first kappa shape index (κ1) is 11.7. The predicted molar refractivity (Wildman–Crippen MR) is 61.3 cm³/mol. The summed E-state index contributed by atoms with van der Waals surface area (Å²) >= 11 is 1.60. The van der Waals surface area contributed by atoms with E-state index < -0.39 is 6.09 Å². The Labute approximate surface area is 93.0 Å². The van der Waals surface area contributed by atoms with Gasteiger partial charge in [-0.05, 0) is 24.8 Å². The van der Waals surface area contributed by atoms with E-state index >= 15 is 0 Å². The molecule has 1 amide bonds. The van der Waals surface area contributed by atoms with Crippen molar-refractivity contribution in [1.29, 1.82) is 0 Å². The lowest BCUT2D eigenvalue weighted by Crippen LogP contribution is -2.20. The van der Waals surface area contributed by atoms with Gasteiger partial charge in [-0.25, -0.2) is 10.2 Å². The van der Waals surface area contributed by atoms with Crippen molar-refractivity contribution < 1.29 is 9.53 Å². The number of ether oxygens (including phenoxy) is 1. The van der Waals surface area contributed by atoms with Gasteiger partial charge in [-0.1, -0.05) is 13.0 Å². The number of amides is 1. The van der Waals surface area contributed by atoms with Crippen LogP contribution in [0.15, 0.2) is 22.6 Å². The molecule has 1 rings (SSSR count). The molecule has 0 atom stereocenters. The average molecular weight is 226 g/mol. The zero-order chi connectivity index (χ0) is 11.1. The summed E-state index contributed by atoms with van der Waals surface area (Å²) in [5.74, 6) is 0. The van der Waals surface area contributed by atoms with Gasteiger partial charge in [-0.15, -0.1) is 11.3 Å². The minimum atomic E-state index is -0.514. The molecule has 15 heavy (non-hydrogen) atoms. The van der Waals surface area contributed by atoms with Gasteiger partial charge in [-0.2, -0.15) is 5.10 Å². The first-order valence-electron chi connectivity index (χ1n) is 4.81. The molecule has 1 aromatic rings. The SMILES string of the molecule is CCOC(=O)N/N=C(/CC)c1cccs1. The molecule has 0 saturated carbocycles. The molecule has 0 radical (unpaired) electrons. The van der Waals surface area contributed by atoms with Crippen molar-refractivity contribution in [3.05, 3.63) is 22.4 Å². The van der Waals surface area contributed by atoms with Gasteiger partial charge in [-0.3, -0.25) is 0 Å². The molecule has 4 nitrogen and oxygen atoms in total. The standard InChI is InChI=1S/C10H14N2O2S/c1-3-8(9-6-5-7-15-9)11-12-10(13)14-4-2/h5-7H,3-4H2,1-2H3,(H,12,13)/b11-8-. The quantitative estimate of drug-likeness (QED) is 0.633. The summed E-state index contributed by atoms with van der Waals surface area (Å²) in [6.07, 6.45) is 0.257. The molecule has 0 aliphatic rings. The number of carbonyl (C=O) groups is 1. The highest BCUT2D eigenvalue weighted by Crippen LogP contribution is 2.11. The van der Waals surface area contributed by atoms with Crippen LogP contribution in [-0.2, 0) is 4.74 Å². The zero-order valence-electron chi connectivity index (χ0n) is 8.82. The number of nitrogens with zero attached hydrogens (tertiary/aromatic N) is 1. The van der Waals surface area contributed by atoms with Crippen LogP contribution in [0.1, 0.15) is 25.1 Å². The van der Waals surface area contributed by atoms with Crippen LogP contribution < -0.4 is 5.43 Å². The fourth-order valence-electron chi connectivity index (χ4n) is 1.03. The molecule has 0 aliphatic carbocycles. The number of hydrogen-bond acceptors (Lipinski definition) is 4. The number of carbonyl (C=O) groups excluding carboxylic acids is 1. The molecule has 5 heteroatoms. The number of hydrazone groups is 1. The number of hydrogen-bond donors (Lipinski definition) is 1. The summed E-state index contributed by atoms with van der Waals surface area (Å²) in [5, 5.41) is 5.98. The highest BCUT2D eigenvalue weighted by molar-refractivity contribution is 7.12. The third kappa shape index (κ3) is 3.71. The minimum Gasteiger partial charge on any atom is -0.449 e. The second kappa shape index (κ2) is 6.19. The van der Waals surface area contributed by atoms with Gasteiger partial charge >= 0.3 is 6.09 Å². The summed E-state index contributed by atoms with van der Waals surface area (Å²) in [6.45, 7) is 4.09. The van der Waals surface area contributed by atoms with Crippen LogP contribution in [0.3, 0.4) is 0 Å². The van der Waals surface area contributed by atoms with E-state index in [2.05, 4.69) is 10.5 Å². The van der Waals surface area contributed by atoms with E-state index in [1.54, 1.807) is 18.3 Å². The molecule has 0 spiro atoms. The van der Waals surface area contributed by atoms with Gasteiger partial charge in [0.25, 0.3) is 0 Å². The molecule has 1 aromatic heterocycles. The highest BCUT2D eigenvalue weighted by Gasteiger charge is 2.03. The Morgan fingerprint density at radius 3 is 2.93 bits per heavy atom. The van der Waals surface area contributed by atoms with Crippen LogP contribution in [0.2, 0.25) is 0 Å². The van der Waals surface area contributed by atoms with E-state index in [1.165, 1.54) is 0 Å². The van der Waals surface area contributed by atoms with Crippen molar-refractivity contribution in [2.24, 2.45) is 5.10 Å². The Balaban J connectivity index is 2.59. The van der Waals surface area contributed by atoms with Gasteiger partial charge in [0.15, 0.2) is 0 Å². The lowest BCUT2D eigenvalue weighted by molar-refractivity contribution is 0.152. The summed E-state index contributed by atoms with van der Waals surface area (Å²) in [6, 6.07) is 3.93. The minimum absolute atomic E-state index is 0.349. The van der Waals surface area contributed by atoms with E-state index in [0.29, 0.717) is 6.61 Å². The van der Waals surface area contributed by atoms with Crippen molar-refractivity contribution >= 4 is 23.1 Å². The van der Waals surface area contributed by atoms with E-state index in [-0.39, 0.29) is 0 Å². The fraction of sp³-hybridized carbons (Fsp3) is 0.400. The molecule has 0 fully saturated rings. The molecule has 0 aliphatic heterocycles. The predicted octanol–water partition coefficient (Wildman–Crippen LogP) is 2.61. The highest BCUT2D eigenvalue weighted by atomic mass is 32.1. The third-order valence-corrected chi connectivity index (χ3v) is 2.62. The molecule has 0 saturated heterocycles. The van der Waals surface area contributed by atoms with Gasteiger partial charge < -0.3 is 4.74 Å². The van der Waals surface area contributed by atoms with Crippen molar-refractivity contribution in [3.63, 3.8) is 0 Å². The Morgan fingerprint density at radius 2 is 2.40 bits per heavy atom. The summed E-state index contributed by atoms with van der Waals surface area (Å²) in [5.41, 5.74) is 3.22. The molecular weight excluding hydrogens is 212 g/mol. The van der Waals surface area contributed by atoms with Gasteiger partial charge in [0.05, 0.1) is 17.2 Å². The first-order chi connectivity index (χ1) is 7.27. The molecule has 82 valence electrons. The van der Waals surface area contributed by atoms with Crippen LogP contribution in [0.5, 0.6) is 0 Å². The van der Waals surface area contributed by atoms with Crippen LogP contribution in [0, 0.1) is 0 Å². The Hall–Kier alpha value is -1.36. The molecule has 1 N–H and O–H groups in total. The van der Waals surface area contributed by atoms with Crippen molar-refractivity contribution in [2.45, 2.75) is 20.3 Å². The maximum atomic E-state index is 11.0. The Kier molecular flexibility index (Phi) is 4.83. The summed E-state index contributed by atoms with van der Waals surface area (Å²) in [7, 11) is 0. The van der Waals surface area contributed by atoms with Gasteiger partial charge in [0, 0.05) is 0 Å². The van der Waals surface area contributed by atoms with Gasteiger partial charge in [0.2, 0.25) is 0 Å². The second-order valence-corrected chi connectivity index (χ2v) is 3.67. The van der Waals surface area contributed by atoms with Crippen molar-refractivity contribution in [1.82, 2.24) is 5.43 Å². The Bertz CT molecular complexity index is 333. The van der Waals surface area contributed by atoms with Crippen molar-refractivity contribution in [3.8, 4) is 0 Å². The van der Waals surface area contributed by atoms with Crippen molar-refractivity contribution in [2.75, 3.05) is 6.61 Å². The zero-order valence-corrected chi connectivity index (χ0v) is 9.63. The van der Waals surface area contributed by atoms with Crippen LogP contribution >= 0.6 is 11.3 Å². The Morgan fingerprint density at radius 1 is 1.60 bits per heavy atom. The van der Waals surface area contributed by atoms with E-state index in [4.69, 9.17) is 4.74 Å². The van der Waals surface area contributed by atoms with Gasteiger partial charge in [0.1, 0.15) is 0 Å². The summed E-state index contributed by atoms with van der Waals surface area (Å²) in [4.78, 5) is 12.1. The van der Waals surface area contributed by atoms with Crippen LogP contribution in [0.25, 0.3) is 0 Å². The molecular formula is C10H14N2O2S. The topological polar surface area (TPSA) is 50.7 Å². The monoisotopic (exact) mass is 226 g/mol. The molecule has 0 unspecified atom stereocenters. The lowest BCUT2D eigenvalue weighted by atomic mass is 10.2. The molecule has 0 bridgehead atoms. The number of nitrogens with one attached hydrogen (secondary N) is 1. The fourth-order valence-corrected chi connectivity index (χ4v) is 1.81. The van der Waals surface area contributed by atoms with Crippen LogP contribution in [0.4, 0.5) is 4.79 Å². The maximum Gasteiger partial charge on any atom is 0.427 e. The maximum absolute atomic E-state index is 11.0. The smallest absolute Gasteiger partial charge is 0.427 e.